The molecule has 124 valence electrons. The van der Waals surface area contributed by atoms with Gasteiger partial charge in [0.05, 0.1) is 11.0 Å². The highest BCUT2D eigenvalue weighted by Crippen LogP contribution is 2.20. The fourth-order valence-corrected chi connectivity index (χ4v) is 2.98. The molecule has 0 aliphatic rings. The SMILES string of the molecule is CC(=Cc1ccccc1)n1c(=O)n(CCCCl)c2ccc(F)cc21. The number of allylic oxidation sites excluding steroid dienone is 1. The molecule has 0 bridgehead atoms. The summed E-state index contributed by atoms with van der Waals surface area (Å²) in [5.41, 5.74) is 2.84. The first-order valence-electron chi connectivity index (χ1n) is 7.82. The van der Waals surface area contributed by atoms with E-state index in [0.29, 0.717) is 29.9 Å². The number of hydrogen-bond acceptors (Lipinski definition) is 1. The van der Waals surface area contributed by atoms with Crippen LogP contribution in [0.4, 0.5) is 4.39 Å². The number of nitrogens with zero attached hydrogens (tertiary/aromatic N) is 2. The molecule has 0 aliphatic carbocycles. The van der Waals surface area contributed by atoms with Crippen molar-refractivity contribution in [2.45, 2.75) is 19.9 Å². The van der Waals surface area contributed by atoms with Gasteiger partial charge in [-0.15, -0.1) is 11.6 Å². The van der Waals surface area contributed by atoms with Gasteiger partial charge in [-0.25, -0.2) is 9.18 Å². The van der Waals surface area contributed by atoms with E-state index in [0.717, 1.165) is 11.3 Å². The van der Waals surface area contributed by atoms with Gasteiger partial charge in [-0.2, -0.15) is 0 Å². The largest absolute Gasteiger partial charge is 0.333 e. The van der Waals surface area contributed by atoms with Crippen LogP contribution in [0.3, 0.4) is 0 Å². The van der Waals surface area contributed by atoms with Crippen LogP contribution in [0.25, 0.3) is 22.8 Å². The Bertz CT molecular complexity index is 941. The summed E-state index contributed by atoms with van der Waals surface area (Å²) in [6.07, 6.45) is 2.59. The van der Waals surface area contributed by atoms with Crippen LogP contribution in [0.15, 0.2) is 53.3 Å². The maximum Gasteiger partial charge on any atom is 0.333 e. The van der Waals surface area contributed by atoms with Crippen LogP contribution in [-0.2, 0) is 6.54 Å². The summed E-state index contributed by atoms with van der Waals surface area (Å²) in [6.45, 7) is 2.36. The highest BCUT2D eigenvalue weighted by molar-refractivity contribution is 6.17. The molecule has 0 radical (unpaired) electrons. The van der Waals surface area contributed by atoms with Crippen molar-refractivity contribution in [2.24, 2.45) is 0 Å². The maximum atomic E-state index is 13.7. The Morgan fingerprint density at radius 1 is 1.17 bits per heavy atom. The quantitative estimate of drug-likeness (QED) is 0.622. The topological polar surface area (TPSA) is 26.9 Å². The third-order valence-electron chi connectivity index (χ3n) is 3.93. The summed E-state index contributed by atoms with van der Waals surface area (Å²) >= 11 is 5.76. The molecular formula is C19H18ClFN2O. The molecule has 0 unspecified atom stereocenters. The van der Waals surface area contributed by atoms with E-state index in [4.69, 9.17) is 11.6 Å². The van der Waals surface area contributed by atoms with E-state index in [1.165, 1.54) is 12.1 Å². The molecular weight excluding hydrogens is 327 g/mol. The van der Waals surface area contributed by atoms with Crippen molar-refractivity contribution < 1.29 is 4.39 Å². The predicted molar refractivity (Wildman–Crippen MR) is 97.8 cm³/mol. The van der Waals surface area contributed by atoms with Gasteiger partial charge in [0.2, 0.25) is 0 Å². The van der Waals surface area contributed by atoms with E-state index < -0.39 is 0 Å². The molecule has 0 N–H and O–H groups in total. The van der Waals surface area contributed by atoms with Gasteiger partial charge in [-0.05, 0) is 37.1 Å². The fraction of sp³-hybridized carbons (Fsp3) is 0.211. The van der Waals surface area contributed by atoms with Crippen molar-refractivity contribution in [3.63, 3.8) is 0 Å². The molecule has 1 heterocycles. The van der Waals surface area contributed by atoms with Crippen LogP contribution in [0.5, 0.6) is 0 Å². The van der Waals surface area contributed by atoms with Gasteiger partial charge in [0.1, 0.15) is 5.82 Å². The van der Waals surface area contributed by atoms with Crippen LogP contribution in [-0.4, -0.2) is 15.0 Å². The molecule has 1 aromatic heterocycles. The number of halogens is 2. The van der Waals surface area contributed by atoms with Gasteiger partial charge >= 0.3 is 5.69 Å². The molecule has 3 aromatic rings. The lowest BCUT2D eigenvalue weighted by atomic mass is 10.2. The van der Waals surface area contributed by atoms with Crippen molar-refractivity contribution in [1.82, 2.24) is 9.13 Å². The Kier molecular flexibility index (Phi) is 4.86. The Labute approximate surface area is 144 Å². The van der Waals surface area contributed by atoms with Crippen LogP contribution in [0.2, 0.25) is 0 Å². The summed E-state index contributed by atoms with van der Waals surface area (Å²) < 4.78 is 16.9. The number of aromatic nitrogens is 2. The third-order valence-corrected chi connectivity index (χ3v) is 4.20. The second kappa shape index (κ2) is 7.05. The van der Waals surface area contributed by atoms with E-state index >= 15 is 0 Å². The number of rotatable bonds is 5. The number of aryl methyl sites for hydroxylation is 1. The number of alkyl halides is 1. The molecule has 2 aromatic carbocycles. The first-order valence-corrected chi connectivity index (χ1v) is 8.36. The second-order valence-corrected chi connectivity index (χ2v) is 6.02. The van der Waals surface area contributed by atoms with Gasteiger partial charge in [0, 0.05) is 24.2 Å². The standard InChI is InChI=1S/C19H18ClFN2O/c1-14(12-15-6-3-2-4-7-15)23-18-13-16(21)8-9-17(18)22(19(23)24)11-5-10-20/h2-4,6-9,12-13H,5,10-11H2,1H3. The van der Waals surface area contributed by atoms with Gasteiger partial charge in [-0.1, -0.05) is 30.3 Å². The van der Waals surface area contributed by atoms with Crippen LogP contribution in [0.1, 0.15) is 18.9 Å². The average molecular weight is 345 g/mol. The number of hydrogen-bond donors (Lipinski definition) is 0. The lowest BCUT2D eigenvalue weighted by molar-refractivity contribution is 0.629. The first kappa shape index (κ1) is 16.5. The zero-order valence-electron chi connectivity index (χ0n) is 13.4. The summed E-state index contributed by atoms with van der Waals surface area (Å²) in [6, 6.07) is 14.1. The zero-order chi connectivity index (χ0) is 17.1. The molecule has 0 amide bonds. The van der Waals surface area contributed by atoms with E-state index in [1.54, 1.807) is 15.2 Å². The average Bonchev–Trinajstić information content (AvgIpc) is 2.84. The van der Waals surface area contributed by atoms with E-state index in [1.807, 2.05) is 43.3 Å². The van der Waals surface area contributed by atoms with E-state index in [9.17, 15) is 9.18 Å². The summed E-state index contributed by atoms with van der Waals surface area (Å²) in [4.78, 5) is 12.9. The van der Waals surface area contributed by atoms with Crippen molar-refractivity contribution >= 4 is 34.4 Å². The molecule has 0 atom stereocenters. The zero-order valence-corrected chi connectivity index (χ0v) is 14.1. The van der Waals surface area contributed by atoms with Crippen molar-refractivity contribution in [1.29, 1.82) is 0 Å². The highest BCUT2D eigenvalue weighted by Gasteiger charge is 2.14. The lowest BCUT2D eigenvalue weighted by Crippen LogP contribution is -2.23. The number of benzene rings is 2. The molecule has 3 rings (SSSR count). The molecule has 0 aliphatic heterocycles. The molecule has 0 spiro atoms. The minimum atomic E-state index is -0.363. The van der Waals surface area contributed by atoms with Gasteiger partial charge in [-0.3, -0.25) is 9.13 Å². The summed E-state index contributed by atoms with van der Waals surface area (Å²) in [5.74, 6) is 0.109. The molecule has 0 saturated carbocycles. The Morgan fingerprint density at radius 2 is 1.92 bits per heavy atom. The minimum absolute atomic E-state index is 0.176. The predicted octanol–water partition coefficient (Wildman–Crippen LogP) is 4.59. The molecule has 3 nitrogen and oxygen atoms in total. The lowest BCUT2D eigenvalue weighted by Gasteiger charge is -2.04. The second-order valence-electron chi connectivity index (χ2n) is 5.64. The Balaban J connectivity index is 2.20. The fourth-order valence-electron chi connectivity index (χ4n) is 2.86. The van der Waals surface area contributed by atoms with E-state index in [-0.39, 0.29) is 11.5 Å². The number of fused-ring (bicyclic) bond motifs is 1. The van der Waals surface area contributed by atoms with Crippen molar-refractivity contribution in [3.05, 3.63) is 70.4 Å². The van der Waals surface area contributed by atoms with Crippen LogP contribution >= 0.6 is 11.6 Å². The molecule has 5 heteroatoms. The summed E-state index contributed by atoms with van der Waals surface area (Å²) in [7, 11) is 0. The first-order chi connectivity index (χ1) is 11.6. The highest BCUT2D eigenvalue weighted by atomic mass is 35.5. The Hall–Kier alpha value is -2.33. The van der Waals surface area contributed by atoms with Gasteiger partial charge < -0.3 is 0 Å². The van der Waals surface area contributed by atoms with Crippen LogP contribution < -0.4 is 5.69 Å². The number of imidazole rings is 1. The third kappa shape index (κ3) is 3.15. The summed E-state index contributed by atoms with van der Waals surface area (Å²) in [5, 5.41) is 0. The molecule has 0 fully saturated rings. The maximum absolute atomic E-state index is 13.7. The smallest absolute Gasteiger partial charge is 0.292 e. The van der Waals surface area contributed by atoms with Crippen LogP contribution in [0, 0.1) is 5.82 Å². The Morgan fingerprint density at radius 3 is 2.62 bits per heavy atom. The normalized spacial score (nSPS) is 12.0. The minimum Gasteiger partial charge on any atom is -0.292 e. The monoisotopic (exact) mass is 344 g/mol. The van der Waals surface area contributed by atoms with Gasteiger partial charge in [0.25, 0.3) is 0 Å². The molecule has 24 heavy (non-hydrogen) atoms. The van der Waals surface area contributed by atoms with Gasteiger partial charge in [0.15, 0.2) is 0 Å². The molecule has 0 saturated heterocycles. The van der Waals surface area contributed by atoms with Crippen molar-refractivity contribution in [3.8, 4) is 0 Å². The van der Waals surface area contributed by atoms with Crippen molar-refractivity contribution in [2.75, 3.05) is 5.88 Å². The van der Waals surface area contributed by atoms with E-state index in [2.05, 4.69) is 0 Å².